The molecule has 8 nitrogen and oxygen atoms in total. The number of nitrogens with zero attached hydrogens (tertiary/aromatic N) is 3. The van der Waals surface area contributed by atoms with Crippen molar-refractivity contribution in [3.63, 3.8) is 0 Å². The molecule has 2 aromatic rings. The summed E-state index contributed by atoms with van der Waals surface area (Å²) in [7, 11) is 0. The molecule has 3 heterocycles. The fourth-order valence-electron chi connectivity index (χ4n) is 4.99. The number of hydrogen-bond acceptors (Lipinski definition) is 4. The molecule has 2 fully saturated rings. The van der Waals surface area contributed by atoms with Gasteiger partial charge in [0.25, 0.3) is 5.91 Å². The van der Waals surface area contributed by atoms with Gasteiger partial charge in [0.05, 0.1) is 22.0 Å². The molecule has 0 bridgehead atoms. The van der Waals surface area contributed by atoms with E-state index in [2.05, 4.69) is 5.32 Å². The number of nitrogens with one attached hydrogen (secondary N) is 1. The predicted molar refractivity (Wildman–Crippen MR) is 124 cm³/mol. The number of para-hydroxylation sites is 1. The maximum absolute atomic E-state index is 13.3. The second kappa shape index (κ2) is 7.88. The number of benzene rings is 2. The van der Waals surface area contributed by atoms with E-state index in [1.165, 1.54) is 4.90 Å². The lowest BCUT2D eigenvalue weighted by Gasteiger charge is -2.48. The molecule has 1 atom stereocenters. The maximum Gasteiger partial charge on any atom is 0.258 e. The van der Waals surface area contributed by atoms with Crippen LogP contribution in [0.5, 0.6) is 0 Å². The molecule has 1 N–H and O–H groups in total. The molecular formula is C24H23ClN4O4. The molecule has 33 heavy (non-hydrogen) atoms. The Balaban J connectivity index is 1.37. The zero-order valence-corrected chi connectivity index (χ0v) is 18.9. The Hall–Kier alpha value is -3.39. The highest BCUT2D eigenvalue weighted by Gasteiger charge is 2.53. The Bertz CT molecular complexity index is 1200. The number of anilines is 3. The second-order valence-corrected chi connectivity index (χ2v) is 9.13. The standard InChI is InChI=1S/C24H23ClN4O4/c1-24-11-10-22(32)29(24)18-6-3-2-5-16(18)23(33)28(24)14-20(30)26-15-8-9-19(17(25)13-15)27-12-4-7-21(27)31/h2-3,5-6,8-9,13H,4,7,10-12,14H2,1H3,(H,26,30)/t24-/m0/s1. The molecule has 0 radical (unpaired) electrons. The minimum absolute atomic E-state index is 0.0292. The molecular weight excluding hydrogens is 444 g/mol. The molecule has 0 saturated carbocycles. The molecule has 9 heteroatoms. The average Bonchev–Trinajstić information content (AvgIpc) is 3.34. The Morgan fingerprint density at radius 3 is 2.58 bits per heavy atom. The lowest BCUT2D eigenvalue weighted by molar-refractivity contribution is -0.120. The minimum atomic E-state index is -0.905. The fourth-order valence-corrected chi connectivity index (χ4v) is 5.27. The summed E-state index contributed by atoms with van der Waals surface area (Å²) >= 11 is 6.39. The normalized spacial score (nSPS) is 22.0. The van der Waals surface area contributed by atoms with Gasteiger partial charge in [-0.05, 0) is 50.1 Å². The van der Waals surface area contributed by atoms with Gasteiger partial charge in [-0.1, -0.05) is 23.7 Å². The van der Waals surface area contributed by atoms with Crippen LogP contribution in [-0.2, 0) is 14.4 Å². The first kappa shape index (κ1) is 21.5. The molecule has 0 unspecified atom stereocenters. The smallest absolute Gasteiger partial charge is 0.258 e. The number of halogens is 1. The van der Waals surface area contributed by atoms with E-state index < -0.39 is 11.6 Å². The number of rotatable bonds is 4. The Morgan fingerprint density at radius 2 is 1.85 bits per heavy atom. The van der Waals surface area contributed by atoms with Crippen molar-refractivity contribution in [1.82, 2.24) is 4.90 Å². The van der Waals surface area contributed by atoms with Crippen molar-refractivity contribution < 1.29 is 19.2 Å². The lowest BCUT2D eigenvalue weighted by atomic mass is 9.98. The first-order valence-corrected chi connectivity index (χ1v) is 11.3. The van der Waals surface area contributed by atoms with E-state index in [9.17, 15) is 19.2 Å². The first-order valence-electron chi connectivity index (χ1n) is 10.9. The van der Waals surface area contributed by atoms with Crippen molar-refractivity contribution in [2.75, 3.05) is 28.2 Å². The number of hydrogen-bond donors (Lipinski definition) is 1. The molecule has 2 aromatic carbocycles. The monoisotopic (exact) mass is 466 g/mol. The number of carbonyl (C=O) groups is 4. The van der Waals surface area contributed by atoms with Gasteiger partial charge in [-0.15, -0.1) is 0 Å². The highest BCUT2D eigenvalue weighted by Crippen LogP contribution is 2.43. The molecule has 3 aliphatic heterocycles. The van der Waals surface area contributed by atoms with E-state index in [0.717, 1.165) is 6.42 Å². The van der Waals surface area contributed by atoms with Crippen molar-refractivity contribution >= 4 is 52.3 Å². The zero-order chi connectivity index (χ0) is 23.3. The van der Waals surface area contributed by atoms with Crippen molar-refractivity contribution in [3.8, 4) is 0 Å². The fraction of sp³-hybridized carbons (Fsp3) is 0.333. The van der Waals surface area contributed by atoms with E-state index in [1.54, 1.807) is 52.3 Å². The average molecular weight is 467 g/mol. The lowest BCUT2D eigenvalue weighted by Crippen LogP contribution is -2.63. The third kappa shape index (κ3) is 3.45. The summed E-state index contributed by atoms with van der Waals surface area (Å²) in [5, 5.41) is 3.15. The van der Waals surface area contributed by atoms with Gasteiger partial charge in [0.1, 0.15) is 12.2 Å². The van der Waals surface area contributed by atoms with E-state index in [1.807, 2.05) is 6.92 Å². The summed E-state index contributed by atoms with van der Waals surface area (Å²) < 4.78 is 0. The third-order valence-corrected chi connectivity index (χ3v) is 6.95. The Morgan fingerprint density at radius 1 is 1.06 bits per heavy atom. The van der Waals surface area contributed by atoms with Crippen LogP contribution in [0.4, 0.5) is 17.1 Å². The maximum atomic E-state index is 13.3. The zero-order valence-electron chi connectivity index (χ0n) is 18.1. The quantitative estimate of drug-likeness (QED) is 0.747. The molecule has 0 aromatic heterocycles. The van der Waals surface area contributed by atoms with Crippen LogP contribution < -0.4 is 15.1 Å². The van der Waals surface area contributed by atoms with Crippen molar-refractivity contribution in [3.05, 3.63) is 53.1 Å². The van der Waals surface area contributed by atoms with Crippen molar-refractivity contribution in [2.24, 2.45) is 0 Å². The largest absolute Gasteiger partial charge is 0.324 e. The summed E-state index contributed by atoms with van der Waals surface area (Å²) in [4.78, 5) is 55.6. The summed E-state index contributed by atoms with van der Waals surface area (Å²) in [6, 6.07) is 12.0. The van der Waals surface area contributed by atoms with Crippen LogP contribution >= 0.6 is 11.6 Å². The van der Waals surface area contributed by atoms with Crippen LogP contribution in [0.2, 0.25) is 5.02 Å². The summed E-state index contributed by atoms with van der Waals surface area (Å²) in [5.74, 6) is -0.720. The van der Waals surface area contributed by atoms with Crippen LogP contribution in [0.25, 0.3) is 0 Å². The summed E-state index contributed by atoms with van der Waals surface area (Å²) in [6.07, 6.45) is 2.05. The number of fused-ring (bicyclic) bond motifs is 3. The molecule has 5 rings (SSSR count). The second-order valence-electron chi connectivity index (χ2n) is 8.72. The first-order chi connectivity index (χ1) is 15.8. The molecule has 170 valence electrons. The van der Waals surface area contributed by atoms with Crippen molar-refractivity contribution in [2.45, 2.75) is 38.3 Å². The van der Waals surface area contributed by atoms with Gasteiger partial charge < -0.3 is 15.1 Å². The van der Waals surface area contributed by atoms with Crippen LogP contribution in [0.1, 0.15) is 43.0 Å². The van der Waals surface area contributed by atoms with Gasteiger partial charge in [-0.3, -0.25) is 24.1 Å². The summed E-state index contributed by atoms with van der Waals surface area (Å²) in [6.45, 7) is 2.23. The van der Waals surface area contributed by atoms with E-state index >= 15 is 0 Å². The SMILES string of the molecule is C[C@@]12CCC(=O)N1c1ccccc1C(=O)N2CC(=O)Nc1ccc(N2CCCC2=O)c(Cl)c1. The van der Waals surface area contributed by atoms with E-state index in [0.29, 0.717) is 53.5 Å². The third-order valence-electron chi connectivity index (χ3n) is 6.64. The van der Waals surface area contributed by atoms with Crippen LogP contribution in [0.3, 0.4) is 0 Å². The van der Waals surface area contributed by atoms with Gasteiger partial charge >= 0.3 is 0 Å². The highest BCUT2D eigenvalue weighted by molar-refractivity contribution is 6.34. The summed E-state index contributed by atoms with van der Waals surface area (Å²) in [5.41, 5.74) is 1.17. The highest BCUT2D eigenvalue weighted by atomic mass is 35.5. The van der Waals surface area contributed by atoms with E-state index in [4.69, 9.17) is 11.6 Å². The number of carbonyl (C=O) groups excluding carboxylic acids is 4. The van der Waals surface area contributed by atoms with Gasteiger partial charge in [0.15, 0.2) is 0 Å². The molecule has 0 spiro atoms. The van der Waals surface area contributed by atoms with E-state index in [-0.39, 0.29) is 24.3 Å². The molecule has 3 aliphatic rings. The topological polar surface area (TPSA) is 90.0 Å². The van der Waals surface area contributed by atoms with Gasteiger partial charge in [-0.2, -0.15) is 0 Å². The molecule has 4 amide bonds. The van der Waals surface area contributed by atoms with Crippen LogP contribution in [-0.4, -0.2) is 47.3 Å². The Kier molecular flexibility index (Phi) is 5.12. The number of amides is 4. The van der Waals surface area contributed by atoms with Crippen LogP contribution in [0, 0.1) is 0 Å². The predicted octanol–water partition coefficient (Wildman–Crippen LogP) is 3.40. The Labute approximate surface area is 196 Å². The van der Waals surface area contributed by atoms with Gasteiger partial charge in [-0.25, -0.2) is 0 Å². The minimum Gasteiger partial charge on any atom is -0.324 e. The van der Waals surface area contributed by atoms with Gasteiger partial charge in [0.2, 0.25) is 17.7 Å². The van der Waals surface area contributed by atoms with Crippen molar-refractivity contribution in [1.29, 1.82) is 0 Å². The van der Waals surface area contributed by atoms with Gasteiger partial charge in [0, 0.05) is 25.1 Å². The molecule has 0 aliphatic carbocycles. The molecule has 2 saturated heterocycles. The van der Waals surface area contributed by atoms with Crippen LogP contribution in [0.15, 0.2) is 42.5 Å².